The Labute approximate surface area is 120 Å². The first-order chi connectivity index (χ1) is 8.85. The first-order valence-electron chi connectivity index (χ1n) is 6.40. The van der Waals surface area contributed by atoms with Crippen LogP contribution >= 0.6 is 15.9 Å². The number of alkyl halides is 3. The molecule has 0 aliphatic rings. The molecular formula is C14H19BrF3N. The van der Waals surface area contributed by atoms with Crippen molar-refractivity contribution in [3.05, 3.63) is 33.8 Å². The quantitative estimate of drug-likeness (QED) is 0.757. The van der Waals surface area contributed by atoms with Crippen LogP contribution in [0.4, 0.5) is 13.2 Å². The Morgan fingerprint density at radius 1 is 1.32 bits per heavy atom. The largest absolute Gasteiger partial charge is 0.389 e. The predicted octanol–water partition coefficient (Wildman–Crippen LogP) is 5.14. The molecule has 1 aromatic rings. The highest BCUT2D eigenvalue weighted by molar-refractivity contribution is 9.10. The van der Waals surface area contributed by atoms with Crippen LogP contribution in [0.2, 0.25) is 0 Å². The molecule has 0 fully saturated rings. The minimum absolute atomic E-state index is 0.0611. The summed E-state index contributed by atoms with van der Waals surface area (Å²) in [6, 6.07) is 5.43. The average Bonchev–Trinajstić information content (AvgIpc) is 2.32. The number of rotatable bonds is 6. The van der Waals surface area contributed by atoms with Crippen LogP contribution in [0, 0.1) is 6.92 Å². The van der Waals surface area contributed by atoms with Gasteiger partial charge in [0.1, 0.15) is 0 Å². The van der Waals surface area contributed by atoms with Gasteiger partial charge in [-0.25, -0.2) is 0 Å². The van der Waals surface area contributed by atoms with Crippen LogP contribution in [0.25, 0.3) is 0 Å². The molecule has 19 heavy (non-hydrogen) atoms. The second-order valence-electron chi connectivity index (χ2n) is 4.64. The molecular weight excluding hydrogens is 319 g/mol. The van der Waals surface area contributed by atoms with E-state index >= 15 is 0 Å². The molecule has 1 N–H and O–H groups in total. The second-order valence-corrected chi connectivity index (χ2v) is 5.43. The van der Waals surface area contributed by atoms with E-state index in [2.05, 4.69) is 21.2 Å². The number of halogens is 4. The van der Waals surface area contributed by atoms with Gasteiger partial charge in [-0.2, -0.15) is 13.2 Å². The van der Waals surface area contributed by atoms with Gasteiger partial charge in [0.2, 0.25) is 0 Å². The molecule has 108 valence electrons. The van der Waals surface area contributed by atoms with Crippen molar-refractivity contribution in [1.29, 1.82) is 0 Å². The van der Waals surface area contributed by atoms with Gasteiger partial charge in [-0.15, -0.1) is 0 Å². The third-order valence-electron chi connectivity index (χ3n) is 2.95. The standard InChI is InChI=1S/C14H19BrF3N/c1-3-9-19-12(7-8-14(16,17)18)11-6-4-5-10(2)13(11)15/h4-6,12,19H,3,7-9H2,1-2H3. The van der Waals surface area contributed by atoms with Crippen LogP contribution in [0.3, 0.4) is 0 Å². The monoisotopic (exact) mass is 337 g/mol. The molecule has 0 saturated heterocycles. The molecule has 0 aliphatic heterocycles. The Hall–Kier alpha value is -0.550. The van der Waals surface area contributed by atoms with Crippen molar-refractivity contribution in [2.75, 3.05) is 6.54 Å². The molecule has 1 atom stereocenters. The van der Waals surface area contributed by atoms with E-state index in [1.807, 2.05) is 32.0 Å². The second kappa shape index (κ2) is 7.29. The van der Waals surface area contributed by atoms with E-state index in [1.165, 1.54) is 0 Å². The number of nitrogens with one attached hydrogen (secondary N) is 1. The van der Waals surface area contributed by atoms with E-state index in [0.29, 0.717) is 6.54 Å². The van der Waals surface area contributed by atoms with Crippen molar-refractivity contribution in [1.82, 2.24) is 5.32 Å². The van der Waals surface area contributed by atoms with Crippen LogP contribution in [-0.4, -0.2) is 12.7 Å². The molecule has 1 aromatic carbocycles. The molecule has 0 bridgehead atoms. The van der Waals surface area contributed by atoms with Crippen LogP contribution in [-0.2, 0) is 0 Å². The van der Waals surface area contributed by atoms with E-state index in [0.717, 1.165) is 22.0 Å². The van der Waals surface area contributed by atoms with Gasteiger partial charge < -0.3 is 5.32 Å². The Bertz CT molecular complexity index is 404. The molecule has 0 amide bonds. The van der Waals surface area contributed by atoms with Gasteiger partial charge in [0.05, 0.1) is 0 Å². The Morgan fingerprint density at radius 2 is 2.00 bits per heavy atom. The van der Waals surface area contributed by atoms with Crippen LogP contribution in [0.1, 0.15) is 43.4 Å². The first-order valence-corrected chi connectivity index (χ1v) is 7.19. The van der Waals surface area contributed by atoms with E-state index in [4.69, 9.17) is 0 Å². The SMILES string of the molecule is CCCNC(CCC(F)(F)F)c1cccc(C)c1Br. The topological polar surface area (TPSA) is 12.0 Å². The average molecular weight is 338 g/mol. The van der Waals surface area contributed by atoms with E-state index < -0.39 is 12.6 Å². The number of hydrogen-bond acceptors (Lipinski definition) is 1. The van der Waals surface area contributed by atoms with Gasteiger partial charge in [-0.3, -0.25) is 0 Å². The molecule has 0 radical (unpaired) electrons. The molecule has 0 spiro atoms. The fourth-order valence-electron chi connectivity index (χ4n) is 1.93. The van der Waals surface area contributed by atoms with Gasteiger partial charge in [0.25, 0.3) is 0 Å². The zero-order valence-corrected chi connectivity index (χ0v) is 12.7. The van der Waals surface area contributed by atoms with E-state index in [9.17, 15) is 13.2 Å². The third-order valence-corrected chi connectivity index (χ3v) is 4.04. The smallest absolute Gasteiger partial charge is 0.310 e. The van der Waals surface area contributed by atoms with Gasteiger partial charge in [0.15, 0.2) is 0 Å². The summed E-state index contributed by atoms with van der Waals surface area (Å²) in [5, 5.41) is 3.20. The van der Waals surface area contributed by atoms with Crippen LogP contribution in [0.5, 0.6) is 0 Å². The van der Waals surface area contributed by atoms with Gasteiger partial charge in [-0.05, 0) is 37.4 Å². The van der Waals surface area contributed by atoms with Gasteiger partial charge in [-0.1, -0.05) is 41.1 Å². The first kappa shape index (κ1) is 16.5. The van der Waals surface area contributed by atoms with Gasteiger partial charge in [0, 0.05) is 16.9 Å². The van der Waals surface area contributed by atoms with Crippen molar-refractivity contribution in [2.24, 2.45) is 0 Å². The maximum absolute atomic E-state index is 12.4. The molecule has 1 nitrogen and oxygen atoms in total. The Morgan fingerprint density at radius 3 is 2.58 bits per heavy atom. The molecule has 1 unspecified atom stereocenters. The maximum Gasteiger partial charge on any atom is 0.389 e. The fraction of sp³-hybridized carbons (Fsp3) is 0.571. The highest BCUT2D eigenvalue weighted by Crippen LogP contribution is 2.32. The molecule has 0 aromatic heterocycles. The highest BCUT2D eigenvalue weighted by atomic mass is 79.9. The summed E-state index contributed by atoms with van der Waals surface area (Å²) in [6.07, 6.45) is -3.92. The Kier molecular flexibility index (Phi) is 6.33. The normalized spacial score (nSPS) is 13.6. The number of aryl methyl sites for hydroxylation is 1. The van der Waals surface area contributed by atoms with Gasteiger partial charge >= 0.3 is 6.18 Å². The lowest BCUT2D eigenvalue weighted by atomic mass is 10.00. The van der Waals surface area contributed by atoms with Crippen molar-refractivity contribution in [3.8, 4) is 0 Å². The lowest BCUT2D eigenvalue weighted by Gasteiger charge is -2.21. The summed E-state index contributed by atoms with van der Waals surface area (Å²) in [5.41, 5.74) is 1.94. The van der Waals surface area contributed by atoms with Crippen molar-refractivity contribution in [2.45, 2.75) is 45.3 Å². The van der Waals surface area contributed by atoms with Crippen molar-refractivity contribution < 1.29 is 13.2 Å². The zero-order valence-electron chi connectivity index (χ0n) is 11.1. The summed E-state index contributed by atoms with van der Waals surface area (Å²) in [5.74, 6) is 0. The molecule has 1 rings (SSSR count). The van der Waals surface area contributed by atoms with Crippen molar-refractivity contribution >= 4 is 15.9 Å². The fourth-order valence-corrected chi connectivity index (χ4v) is 2.47. The Balaban J connectivity index is 2.86. The summed E-state index contributed by atoms with van der Waals surface area (Å²) >= 11 is 3.47. The minimum atomic E-state index is -4.11. The summed E-state index contributed by atoms with van der Waals surface area (Å²) in [7, 11) is 0. The number of hydrogen-bond donors (Lipinski definition) is 1. The summed E-state index contributed by atoms with van der Waals surface area (Å²) in [6.45, 7) is 4.65. The predicted molar refractivity (Wildman–Crippen MR) is 75.2 cm³/mol. The van der Waals surface area contributed by atoms with Crippen LogP contribution in [0.15, 0.2) is 22.7 Å². The maximum atomic E-state index is 12.4. The molecule has 0 saturated carbocycles. The highest BCUT2D eigenvalue weighted by Gasteiger charge is 2.29. The summed E-state index contributed by atoms with van der Waals surface area (Å²) in [4.78, 5) is 0. The third kappa shape index (κ3) is 5.53. The van der Waals surface area contributed by atoms with E-state index in [1.54, 1.807) is 0 Å². The lowest BCUT2D eigenvalue weighted by molar-refractivity contribution is -0.136. The lowest BCUT2D eigenvalue weighted by Crippen LogP contribution is -2.24. The molecule has 0 heterocycles. The molecule has 0 aliphatic carbocycles. The van der Waals surface area contributed by atoms with E-state index in [-0.39, 0.29) is 12.5 Å². The number of benzene rings is 1. The zero-order chi connectivity index (χ0) is 14.5. The van der Waals surface area contributed by atoms with Crippen LogP contribution < -0.4 is 5.32 Å². The molecule has 5 heteroatoms. The van der Waals surface area contributed by atoms with Crippen molar-refractivity contribution in [3.63, 3.8) is 0 Å². The minimum Gasteiger partial charge on any atom is -0.310 e. The summed E-state index contributed by atoms with van der Waals surface area (Å²) < 4.78 is 38.1.